The number of ether oxygens (including phenoxy) is 2. The first-order valence-corrected chi connectivity index (χ1v) is 18.5. The molecule has 2 aliphatic heterocycles. The first-order valence-electron chi connectivity index (χ1n) is 17.7. The van der Waals surface area contributed by atoms with Gasteiger partial charge in [-0.05, 0) is 37.5 Å². The maximum Gasteiger partial charge on any atom is 0.220 e. The Balaban J connectivity index is 1.11. The molecular weight excluding hydrogens is 715 g/mol. The lowest BCUT2D eigenvalue weighted by Crippen LogP contribution is -2.43. The van der Waals surface area contributed by atoms with Crippen LogP contribution in [0.3, 0.4) is 0 Å². The van der Waals surface area contributed by atoms with E-state index in [1.165, 1.54) is 0 Å². The summed E-state index contributed by atoms with van der Waals surface area (Å²) in [7, 11) is 3.22. The van der Waals surface area contributed by atoms with Crippen molar-refractivity contribution in [3.8, 4) is 45.3 Å². The van der Waals surface area contributed by atoms with Crippen molar-refractivity contribution < 1.29 is 19.1 Å². The topological polar surface area (TPSA) is 135 Å². The number of carbonyl (C=O) groups excluding carboxylic acids is 2. The second-order valence-corrected chi connectivity index (χ2v) is 14.2. The molecule has 0 saturated carbocycles. The van der Waals surface area contributed by atoms with E-state index in [4.69, 9.17) is 42.6 Å². The van der Waals surface area contributed by atoms with E-state index >= 15 is 0 Å². The van der Waals surface area contributed by atoms with Crippen molar-refractivity contribution in [3.63, 3.8) is 0 Å². The van der Waals surface area contributed by atoms with E-state index < -0.39 is 0 Å². The Kier molecular flexibility index (Phi) is 11.1. The van der Waals surface area contributed by atoms with Gasteiger partial charge in [0, 0.05) is 105 Å². The van der Waals surface area contributed by atoms with Crippen LogP contribution in [0.5, 0.6) is 11.6 Å². The second-order valence-electron chi connectivity index (χ2n) is 13.4. The van der Waals surface area contributed by atoms with Gasteiger partial charge in [-0.3, -0.25) is 14.6 Å². The Morgan fingerprint density at radius 3 is 2.49 bits per heavy atom. The Hall–Kier alpha value is -4.75. The van der Waals surface area contributed by atoms with Crippen LogP contribution in [-0.2, 0) is 22.7 Å². The van der Waals surface area contributed by atoms with Crippen LogP contribution in [0.15, 0.2) is 61.1 Å². The van der Waals surface area contributed by atoms with E-state index in [1.807, 2.05) is 64.2 Å². The number of pyridine rings is 3. The largest absolute Gasteiger partial charge is 0.493 e. The number of methoxy groups -OCH3 is 2. The third kappa shape index (κ3) is 7.96. The molecule has 5 aromatic rings. The molecule has 2 amide bonds. The zero-order chi connectivity index (χ0) is 37.1. The van der Waals surface area contributed by atoms with Crippen molar-refractivity contribution in [3.05, 3.63) is 82.4 Å². The number of imidazole rings is 1. The van der Waals surface area contributed by atoms with E-state index in [0.717, 1.165) is 65.9 Å². The minimum atomic E-state index is 0.0958. The first kappa shape index (κ1) is 36.6. The molecule has 0 spiro atoms. The van der Waals surface area contributed by atoms with Gasteiger partial charge >= 0.3 is 0 Å². The van der Waals surface area contributed by atoms with Crippen molar-refractivity contribution in [2.24, 2.45) is 0 Å². The lowest BCUT2D eigenvalue weighted by Gasteiger charge is -2.31. The minimum absolute atomic E-state index is 0.0958. The lowest BCUT2D eigenvalue weighted by atomic mass is 10.00. The average molecular weight is 758 g/mol. The van der Waals surface area contributed by atoms with Crippen LogP contribution in [0.4, 0.5) is 0 Å². The molecule has 4 aromatic heterocycles. The highest BCUT2D eigenvalue weighted by molar-refractivity contribution is 6.39. The fraction of sp³-hybridized carbons (Fsp3) is 0.359. The van der Waals surface area contributed by atoms with Gasteiger partial charge in [-0.15, -0.1) is 0 Å². The molecule has 0 bridgehead atoms. The molecule has 0 radical (unpaired) electrons. The Bertz CT molecular complexity index is 2150. The molecule has 276 valence electrons. The number of hydrogen-bond donors (Lipinski definition) is 3. The number of nitrogens with one attached hydrogen (secondary N) is 3. The molecule has 6 heterocycles. The molecule has 2 saturated heterocycles. The van der Waals surface area contributed by atoms with Gasteiger partial charge in [0.1, 0.15) is 0 Å². The molecule has 14 heteroatoms. The van der Waals surface area contributed by atoms with Gasteiger partial charge in [-0.2, -0.15) is 0 Å². The Morgan fingerprint density at radius 2 is 1.75 bits per heavy atom. The standard InChI is InChI=1S/C39H42Cl2N8O4/c1-23(50)48-15-12-26(13-16-48)44-20-28-22-49-21-25(17-33(52-2)38(49)46-28)37-36(41)30(11-14-43-37)29-5-4-6-31(35(29)40)32-9-7-24(39(47-32)53-3)18-42-19-27-8-10-34(51)45-27/h4-7,9,11,14,17,21-22,26-27,42,44H,8,10,12-13,15-16,18-20H2,1-3H3,(H,45,51). The fourth-order valence-corrected chi connectivity index (χ4v) is 7.71. The summed E-state index contributed by atoms with van der Waals surface area (Å²) in [6.07, 6.45) is 8.87. The van der Waals surface area contributed by atoms with Crippen LogP contribution in [0.2, 0.25) is 10.0 Å². The van der Waals surface area contributed by atoms with Gasteiger partial charge < -0.3 is 34.7 Å². The van der Waals surface area contributed by atoms with E-state index in [0.29, 0.717) is 70.8 Å². The van der Waals surface area contributed by atoms with Crippen LogP contribution in [0.1, 0.15) is 43.9 Å². The zero-order valence-corrected chi connectivity index (χ0v) is 31.4. The van der Waals surface area contributed by atoms with Gasteiger partial charge in [0.15, 0.2) is 11.4 Å². The second kappa shape index (κ2) is 16.1. The van der Waals surface area contributed by atoms with Crippen molar-refractivity contribution in [1.82, 2.24) is 40.2 Å². The van der Waals surface area contributed by atoms with Gasteiger partial charge in [0.2, 0.25) is 17.7 Å². The number of fused-ring (bicyclic) bond motifs is 1. The summed E-state index contributed by atoms with van der Waals surface area (Å²) in [5.41, 5.74) is 6.65. The number of likely N-dealkylation sites (tertiary alicyclic amines) is 1. The maximum atomic E-state index is 11.7. The molecule has 12 nitrogen and oxygen atoms in total. The number of rotatable bonds is 12. The third-order valence-corrected chi connectivity index (χ3v) is 10.7. The number of hydrogen-bond acceptors (Lipinski definition) is 9. The van der Waals surface area contributed by atoms with Crippen molar-refractivity contribution in [2.45, 2.75) is 57.8 Å². The molecule has 53 heavy (non-hydrogen) atoms. The van der Waals surface area contributed by atoms with Crippen LogP contribution in [0, 0.1) is 0 Å². The summed E-state index contributed by atoms with van der Waals surface area (Å²) >= 11 is 14.3. The number of piperidine rings is 1. The molecule has 7 rings (SSSR count). The SMILES string of the molecule is COc1nc(-c2cccc(-c3ccnc(-c4cc(OC)c5nc(CNC6CCN(C(C)=O)CC6)cn5c4)c3Cl)c2Cl)ccc1CNCC1CCC(=O)N1. The van der Waals surface area contributed by atoms with Crippen molar-refractivity contribution in [2.75, 3.05) is 33.9 Å². The van der Waals surface area contributed by atoms with Crippen molar-refractivity contribution >= 4 is 40.7 Å². The Morgan fingerprint density at radius 1 is 0.962 bits per heavy atom. The summed E-state index contributed by atoms with van der Waals surface area (Å²) in [5.74, 6) is 1.31. The third-order valence-electron chi connectivity index (χ3n) is 9.95. The lowest BCUT2D eigenvalue weighted by molar-refractivity contribution is -0.130. The number of amides is 2. The highest BCUT2D eigenvalue weighted by atomic mass is 35.5. The van der Waals surface area contributed by atoms with Crippen LogP contribution in [0.25, 0.3) is 39.3 Å². The molecule has 1 unspecified atom stereocenters. The predicted octanol–water partition coefficient (Wildman–Crippen LogP) is 5.92. The fourth-order valence-electron chi connectivity index (χ4n) is 7.06. The maximum absolute atomic E-state index is 11.7. The van der Waals surface area contributed by atoms with Crippen LogP contribution < -0.4 is 25.4 Å². The number of halogens is 2. The van der Waals surface area contributed by atoms with Crippen molar-refractivity contribution in [1.29, 1.82) is 0 Å². The molecule has 2 aliphatic rings. The molecule has 3 N–H and O–H groups in total. The van der Waals surface area contributed by atoms with Crippen LogP contribution in [-0.4, -0.2) is 82.0 Å². The van der Waals surface area contributed by atoms with E-state index in [1.54, 1.807) is 27.3 Å². The number of carbonyl (C=O) groups is 2. The molecule has 0 aliphatic carbocycles. The first-order chi connectivity index (χ1) is 25.7. The summed E-state index contributed by atoms with van der Waals surface area (Å²) in [5, 5.41) is 10.9. The Labute approximate surface area is 318 Å². The van der Waals surface area contributed by atoms with Gasteiger partial charge in [0.05, 0.1) is 41.3 Å². The predicted molar refractivity (Wildman–Crippen MR) is 205 cm³/mol. The molecule has 2 fully saturated rings. The summed E-state index contributed by atoms with van der Waals surface area (Å²) in [4.78, 5) is 39.5. The highest BCUT2D eigenvalue weighted by Crippen LogP contribution is 2.42. The average Bonchev–Trinajstić information content (AvgIpc) is 3.79. The summed E-state index contributed by atoms with van der Waals surface area (Å²) in [6, 6.07) is 13.9. The number of benzene rings is 1. The molecule has 1 atom stereocenters. The highest BCUT2D eigenvalue weighted by Gasteiger charge is 2.23. The van der Waals surface area contributed by atoms with Crippen LogP contribution >= 0.6 is 23.2 Å². The van der Waals surface area contributed by atoms with Gasteiger partial charge in [-0.1, -0.05) is 47.5 Å². The quantitative estimate of drug-likeness (QED) is 0.142. The number of nitrogens with zero attached hydrogens (tertiary/aromatic N) is 5. The van der Waals surface area contributed by atoms with E-state index in [9.17, 15) is 9.59 Å². The summed E-state index contributed by atoms with van der Waals surface area (Å²) in [6.45, 7) is 4.96. The molecular formula is C39H42Cl2N8O4. The smallest absolute Gasteiger partial charge is 0.220 e. The summed E-state index contributed by atoms with van der Waals surface area (Å²) < 4.78 is 13.4. The van der Waals surface area contributed by atoms with E-state index in [-0.39, 0.29) is 17.9 Å². The van der Waals surface area contributed by atoms with Gasteiger partial charge in [-0.25, -0.2) is 9.97 Å². The normalized spacial score (nSPS) is 16.3. The van der Waals surface area contributed by atoms with Gasteiger partial charge in [0.25, 0.3) is 0 Å². The monoisotopic (exact) mass is 756 g/mol. The molecule has 1 aromatic carbocycles. The zero-order valence-electron chi connectivity index (χ0n) is 29.9. The van der Waals surface area contributed by atoms with E-state index in [2.05, 4.69) is 20.9 Å². The minimum Gasteiger partial charge on any atom is -0.493 e. The number of aromatic nitrogens is 4.